The quantitative estimate of drug-likeness (QED) is 0.470. The number of carbonyl (C=O) groups is 1. The SMILES string of the molecule is CC[NH+](CC)CC.O=C(CNC(=S)[S-])c1ccccc1. The lowest BCUT2D eigenvalue weighted by molar-refractivity contribution is -0.894. The first-order valence-corrected chi connectivity index (χ1v) is 7.73. The highest BCUT2D eigenvalue weighted by molar-refractivity contribution is 8.00. The summed E-state index contributed by atoms with van der Waals surface area (Å²) in [6, 6.07) is 9.02. The number of Topliss-reactive ketones (excluding diaryl/α,β-unsaturated/α-hetero) is 1. The van der Waals surface area contributed by atoms with E-state index in [0.717, 1.165) is 0 Å². The fourth-order valence-electron chi connectivity index (χ4n) is 1.63. The zero-order valence-electron chi connectivity index (χ0n) is 12.4. The number of benzene rings is 1. The molecule has 0 bridgehead atoms. The van der Waals surface area contributed by atoms with Gasteiger partial charge in [-0.2, -0.15) is 0 Å². The van der Waals surface area contributed by atoms with E-state index >= 15 is 0 Å². The van der Waals surface area contributed by atoms with Crippen LogP contribution in [0.25, 0.3) is 0 Å². The molecular formula is C15H24N2OS2. The number of quaternary nitrogens is 1. The van der Waals surface area contributed by atoms with Crippen molar-refractivity contribution in [2.75, 3.05) is 26.2 Å². The molecule has 0 aliphatic rings. The first-order chi connectivity index (χ1) is 9.54. The highest BCUT2D eigenvalue weighted by atomic mass is 32.1. The van der Waals surface area contributed by atoms with Crippen LogP contribution in [-0.2, 0) is 12.6 Å². The summed E-state index contributed by atoms with van der Waals surface area (Å²) in [6.07, 6.45) is 0. The molecule has 0 heterocycles. The molecule has 3 nitrogen and oxygen atoms in total. The fraction of sp³-hybridized carbons (Fsp3) is 0.467. The van der Waals surface area contributed by atoms with Crippen LogP contribution in [-0.4, -0.2) is 36.3 Å². The predicted octanol–water partition coefficient (Wildman–Crippen LogP) is 1.22. The maximum atomic E-state index is 11.4. The summed E-state index contributed by atoms with van der Waals surface area (Å²) in [5.41, 5.74) is 0.668. The molecule has 0 unspecified atom stereocenters. The van der Waals surface area contributed by atoms with Crippen molar-refractivity contribution >= 4 is 35.0 Å². The maximum absolute atomic E-state index is 11.4. The number of hydrogen-bond acceptors (Lipinski definition) is 3. The van der Waals surface area contributed by atoms with Crippen molar-refractivity contribution in [3.05, 3.63) is 35.9 Å². The van der Waals surface area contributed by atoms with Crippen LogP contribution in [0.15, 0.2) is 30.3 Å². The van der Waals surface area contributed by atoms with Gasteiger partial charge in [-0.3, -0.25) is 4.79 Å². The third kappa shape index (κ3) is 8.96. The van der Waals surface area contributed by atoms with E-state index in [4.69, 9.17) is 0 Å². The molecule has 112 valence electrons. The van der Waals surface area contributed by atoms with Gasteiger partial charge >= 0.3 is 0 Å². The minimum Gasteiger partial charge on any atom is -0.412 e. The van der Waals surface area contributed by atoms with Gasteiger partial charge in [-0.15, -0.1) is 0 Å². The van der Waals surface area contributed by atoms with Crippen LogP contribution in [0.3, 0.4) is 0 Å². The van der Waals surface area contributed by atoms with Crippen LogP contribution in [0.4, 0.5) is 0 Å². The zero-order valence-corrected chi connectivity index (χ0v) is 14.1. The van der Waals surface area contributed by atoms with E-state index in [2.05, 4.69) is 50.9 Å². The molecule has 1 aromatic rings. The van der Waals surface area contributed by atoms with Gasteiger partial charge in [-0.05, 0) is 20.8 Å². The molecular weight excluding hydrogens is 288 g/mol. The molecule has 0 aliphatic heterocycles. The minimum absolute atomic E-state index is 0.00667. The van der Waals surface area contributed by atoms with Gasteiger partial charge in [-0.1, -0.05) is 34.7 Å². The third-order valence-electron chi connectivity index (χ3n) is 2.99. The summed E-state index contributed by atoms with van der Waals surface area (Å²) in [4.78, 5) is 13.1. The van der Waals surface area contributed by atoms with Crippen molar-refractivity contribution in [2.24, 2.45) is 0 Å². The lowest BCUT2D eigenvalue weighted by atomic mass is 10.1. The average Bonchev–Trinajstić information content (AvgIpc) is 2.48. The van der Waals surface area contributed by atoms with E-state index in [1.807, 2.05) is 18.2 Å². The van der Waals surface area contributed by atoms with E-state index in [9.17, 15) is 4.79 Å². The minimum atomic E-state index is -0.00667. The van der Waals surface area contributed by atoms with Gasteiger partial charge in [-0.25, -0.2) is 0 Å². The Labute approximate surface area is 133 Å². The highest BCUT2D eigenvalue weighted by Crippen LogP contribution is 1.98. The molecule has 1 aromatic carbocycles. The average molecular weight is 313 g/mol. The molecule has 0 aliphatic carbocycles. The van der Waals surface area contributed by atoms with Gasteiger partial charge in [0.15, 0.2) is 5.78 Å². The Morgan fingerprint density at radius 2 is 1.65 bits per heavy atom. The second-order valence-electron chi connectivity index (χ2n) is 4.24. The lowest BCUT2D eigenvalue weighted by Gasteiger charge is -2.10. The normalized spacial score (nSPS) is 9.60. The van der Waals surface area contributed by atoms with E-state index in [1.54, 1.807) is 17.0 Å². The maximum Gasteiger partial charge on any atom is 0.181 e. The highest BCUT2D eigenvalue weighted by Gasteiger charge is 2.02. The van der Waals surface area contributed by atoms with Gasteiger partial charge in [0.25, 0.3) is 0 Å². The fourth-order valence-corrected chi connectivity index (χ4v) is 1.77. The Bertz CT molecular complexity index is 387. The Morgan fingerprint density at radius 3 is 2.00 bits per heavy atom. The molecule has 0 radical (unpaired) electrons. The molecule has 5 heteroatoms. The summed E-state index contributed by atoms with van der Waals surface area (Å²) in [7, 11) is 0. The Morgan fingerprint density at radius 1 is 1.15 bits per heavy atom. The van der Waals surface area contributed by atoms with Gasteiger partial charge in [0.05, 0.1) is 26.2 Å². The molecule has 2 N–H and O–H groups in total. The van der Waals surface area contributed by atoms with Crippen LogP contribution in [0.2, 0.25) is 0 Å². The van der Waals surface area contributed by atoms with E-state index in [0.29, 0.717) is 5.56 Å². The van der Waals surface area contributed by atoms with Crippen LogP contribution in [0, 0.1) is 0 Å². The molecule has 0 spiro atoms. The first kappa shape index (κ1) is 19.0. The second-order valence-corrected chi connectivity index (χ2v) is 5.32. The van der Waals surface area contributed by atoms with E-state index < -0.39 is 0 Å². The van der Waals surface area contributed by atoms with Gasteiger partial charge in [0, 0.05) is 5.56 Å². The topological polar surface area (TPSA) is 33.5 Å². The van der Waals surface area contributed by atoms with E-state index in [-0.39, 0.29) is 16.6 Å². The summed E-state index contributed by atoms with van der Waals surface area (Å²) in [5, 5.41) is 2.64. The summed E-state index contributed by atoms with van der Waals surface area (Å²) in [5.74, 6) is -0.00667. The first-order valence-electron chi connectivity index (χ1n) is 6.91. The standard InChI is InChI=1S/C9H9NOS2.C6H15N/c11-8(6-10-9(12)13)7-4-2-1-3-5-7;1-4-7(5-2)6-3/h1-5H,6H2,(H2,10,12,13);4-6H2,1-3H3. The number of carbonyl (C=O) groups excluding carboxylic acids is 1. The van der Waals surface area contributed by atoms with Crippen LogP contribution >= 0.6 is 12.2 Å². The van der Waals surface area contributed by atoms with Gasteiger partial charge in [0.2, 0.25) is 0 Å². The lowest BCUT2D eigenvalue weighted by Crippen LogP contribution is -3.11. The summed E-state index contributed by atoms with van der Waals surface area (Å²) in [6.45, 7) is 10.7. The van der Waals surface area contributed by atoms with Crippen LogP contribution in [0.5, 0.6) is 0 Å². The molecule has 1 rings (SSSR count). The smallest absolute Gasteiger partial charge is 0.181 e. The monoisotopic (exact) mass is 312 g/mol. The third-order valence-corrected chi connectivity index (χ3v) is 3.28. The van der Waals surface area contributed by atoms with Gasteiger partial charge in [0.1, 0.15) is 0 Å². The number of nitrogens with one attached hydrogen (secondary N) is 2. The van der Waals surface area contributed by atoms with Crippen molar-refractivity contribution in [2.45, 2.75) is 20.8 Å². The number of thiocarbonyl (C=S) groups is 1. The molecule has 0 fully saturated rings. The number of ketones is 1. The van der Waals surface area contributed by atoms with Crippen LogP contribution < -0.4 is 10.2 Å². The molecule has 20 heavy (non-hydrogen) atoms. The Hall–Kier alpha value is -1.04. The van der Waals surface area contributed by atoms with Gasteiger partial charge < -0.3 is 35.1 Å². The van der Waals surface area contributed by atoms with E-state index in [1.165, 1.54) is 19.6 Å². The Balaban J connectivity index is 0.000000441. The van der Waals surface area contributed by atoms with Crippen molar-refractivity contribution in [1.29, 1.82) is 0 Å². The number of rotatable bonds is 6. The molecule has 0 saturated carbocycles. The molecule has 0 atom stereocenters. The predicted molar refractivity (Wildman–Crippen MR) is 91.3 cm³/mol. The zero-order chi connectivity index (χ0) is 15.4. The second kappa shape index (κ2) is 11.8. The van der Waals surface area contributed by atoms with Crippen molar-refractivity contribution in [1.82, 2.24) is 5.32 Å². The molecule has 0 amide bonds. The molecule has 0 saturated heterocycles. The number of hydrogen-bond donors (Lipinski definition) is 2. The summed E-state index contributed by atoms with van der Waals surface area (Å²) < 4.78 is 0.226. The summed E-state index contributed by atoms with van der Waals surface area (Å²) >= 11 is 9.23. The van der Waals surface area contributed by atoms with Crippen LogP contribution in [0.1, 0.15) is 31.1 Å². The molecule has 0 aromatic heterocycles. The largest absolute Gasteiger partial charge is 0.412 e. The van der Waals surface area contributed by atoms with Crippen molar-refractivity contribution in [3.63, 3.8) is 0 Å². The Kier molecular flexibility index (Phi) is 11.1. The van der Waals surface area contributed by atoms with Crippen molar-refractivity contribution < 1.29 is 9.69 Å². The van der Waals surface area contributed by atoms with Crippen molar-refractivity contribution in [3.8, 4) is 0 Å².